The van der Waals surface area contributed by atoms with Gasteiger partial charge in [-0.25, -0.2) is 5.43 Å². The van der Waals surface area contributed by atoms with E-state index in [-0.39, 0.29) is 5.91 Å². The fourth-order valence-corrected chi connectivity index (χ4v) is 2.49. The zero-order valence-corrected chi connectivity index (χ0v) is 12.0. The number of hydrogen-bond donors (Lipinski definition) is 1. The Morgan fingerprint density at radius 3 is 2.68 bits per heavy atom. The van der Waals surface area contributed by atoms with Crippen LogP contribution in [0.1, 0.15) is 33.3 Å². The minimum Gasteiger partial charge on any atom is -0.266 e. The van der Waals surface area contributed by atoms with E-state index < -0.39 is 0 Å². The normalized spacial score (nSPS) is 11.4. The van der Waals surface area contributed by atoms with Crippen molar-refractivity contribution in [3.05, 3.63) is 57.3 Å². The van der Waals surface area contributed by atoms with Crippen LogP contribution in [-0.2, 0) is 0 Å². The second-order valence-electron chi connectivity index (χ2n) is 4.43. The third kappa shape index (κ3) is 3.29. The van der Waals surface area contributed by atoms with Gasteiger partial charge in [0, 0.05) is 5.56 Å². The summed E-state index contributed by atoms with van der Waals surface area (Å²) in [5.41, 5.74) is 6.82. The highest BCUT2D eigenvalue weighted by Gasteiger charge is 2.06. The number of benzene rings is 1. The Balaban J connectivity index is 2.13. The van der Waals surface area contributed by atoms with Crippen LogP contribution in [0.25, 0.3) is 0 Å². The van der Waals surface area contributed by atoms with Gasteiger partial charge in [0.15, 0.2) is 0 Å². The average Bonchev–Trinajstić information content (AvgIpc) is 2.89. The van der Waals surface area contributed by atoms with Crippen LogP contribution in [0.2, 0.25) is 0 Å². The molecular weight excluding hydrogens is 256 g/mol. The molecule has 1 aromatic heterocycles. The van der Waals surface area contributed by atoms with Crippen LogP contribution in [0.4, 0.5) is 0 Å². The highest BCUT2D eigenvalue weighted by molar-refractivity contribution is 7.12. The minimum atomic E-state index is -0.167. The van der Waals surface area contributed by atoms with E-state index in [1.807, 2.05) is 37.4 Å². The number of nitrogens with one attached hydrogen (secondary N) is 1. The number of aryl methyl sites for hydroxylation is 2. The molecule has 0 spiro atoms. The lowest BCUT2D eigenvalue weighted by molar-refractivity contribution is 0.0959. The molecule has 0 saturated carbocycles. The van der Waals surface area contributed by atoms with Crippen LogP contribution in [0.5, 0.6) is 0 Å². The molecule has 0 radical (unpaired) electrons. The average molecular weight is 272 g/mol. The van der Waals surface area contributed by atoms with Crippen molar-refractivity contribution in [1.82, 2.24) is 5.43 Å². The molecule has 1 heterocycles. The molecule has 0 fully saturated rings. The first-order valence-electron chi connectivity index (χ1n) is 6.03. The van der Waals surface area contributed by atoms with Crippen molar-refractivity contribution in [2.75, 3.05) is 0 Å². The second-order valence-corrected chi connectivity index (χ2v) is 5.38. The lowest BCUT2D eigenvalue weighted by Gasteiger charge is -2.06. The smallest absolute Gasteiger partial charge is 0.266 e. The third-order valence-electron chi connectivity index (χ3n) is 2.84. The van der Waals surface area contributed by atoms with Crippen molar-refractivity contribution in [2.45, 2.75) is 20.8 Å². The SMILES string of the molecule is C/C(=N\NC(=O)c1cccs1)c1ccc(C)cc1C. The van der Waals surface area contributed by atoms with Crippen molar-refractivity contribution in [1.29, 1.82) is 0 Å². The standard InChI is InChI=1S/C15H16N2OS/c1-10-6-7-13(11(2)9-10)12(3)16-17-15(18)14-5-4-8-19-14/h4-9H,1-3H3,(H,17,18)/b16-12+. The molecule has 1 amide bonds. The summed E-state index contributed by atoms with van der Waals surface area (Å²) in [5.74, 6) is -0.167. The Morgan fingerprint density at radius 2 is 2.05 bits per heavy atom. The lowest BCUT2D eigenvalue weighted by atomic mass is 10.0. The number of thiophene rings is 1. The molecule has 0 bridgehead atoms. The fourth-order valence-electron chi connectivity index (χ4n) is 1.88. The first-order chi connectivity index (χ1) is 9.08. The molecule has 1 N–H and O–H groups in total. The molecule has 3 nitrogen and oxygen atoms in total. The van der Waals surface area contributed by atoms with E-state index in [9.17, 15) is 4.79 Å². The van der Waals surface area contributed by atoms with Crippen molar-refractivity contribution < 1.29 is 4.79 Å². The Hall–Kier alpha value is -1.94. The Labute approximate surface area is 117 Å². The van der Waals surface area contributed by atoms with Crippen LogP contribution in [-0.4, -0.2) is 11.6 Å². The Morgan fingerprint density at radius 1 is 1.26 bits per heavy atom. The summed E-state index contributed by atoms with van der Waals surface area (Å²) in [4.78, 5) is 12.4. The van der Waals surface area contributed by atoms with Gasteiger partial charge in [-0.3, -0.25) is 4.79 Å². The third-order valence-corrected chi connectivity index (χ3v) is 3.71. The van der Waals surface area contributed by atoms with E-state index in [1.54, 1.807) is 6.07 Å². The summed E-state index contributed by atoms with van der Waals surface area (Å²) >= 11 is 1.40. The number of hydrogen-bond acceptors (Lipinski definition) is 3. The molecule has 0 atom stereocenters. The zero-order chi connectivity index (χ0) is 13.8. The highest BCUT2D eigenvalue weighted by atomic mass is 32.1. The fraction of sp³-hybridized carbons (Fsp3) is 0.200. The molecular formula is C15H16N2OS. The predicted octanol–water partition coefficient (Wildman–Crippen LogP) is 3.52. The lowest BCUT2D eigenvalue weighted by Crippen LogP contribution is -2.18. The minimum absolute atomic E-state index is 0.167. The molecule has 1 aromatic carbocycles. The number of rotatable bonds is 3. The second kappa shape index (κ2) is 5.80. The van der Waals surface area contributed by atoms with E-state index in [4.69, 9.17) is 0 Å². The maximum Gasteiger partial charge on any atom is 0.281 e. The zero-order valence-electron chi connectivity index (χ0n) is 11.2. The van der Waals surface area contributed by atoms with Crippen molar-refractivity contribution in [3.8, 4) is 0 Å². The monoisotopic (exact) mass is 272 g/mol. The summed E-state index contributed by atoms with van der Waals surface area (Å²) in [7, 11) is 0. The molecule has 0 aliphatic carbocycles. The van der Waals surface area contributed by atoms with Gasteiger partial charge in [-0.15, -0.1) is 11.3 Å². The summed E-state index contributed by atoms with van der Waals surface area (Å²) in [5, 5.41) is 6.04. The van der Waals surface area contributed by atoms with Gasteiger partial charge in [0.05, 0.1) is 10.6 Å². The Kier molecular flexibility index (Phi) is 4.12. The number of carbonyl (C=O) groups is 1. The van der Waals surface area contributed by atoms with Crippen LogP contribution in [0.15, 0.2) is 40.8 Å². The maximum atomic E-state index is 11.8. The van der Waals surface area contributed by atoms with E-state index in [2.05, 4.69) is 23.5 Å². The molecule has 0 aliphatic heterocycles. The molecule has 19 heavy (non-hydrogen) atoms. The molecule has 4 heteroatoms. The van der Waals surface area contributed by atoms with Gasteiger partial charge in [-0.05, 0) is 37.8 Å². The van der Waals surface area contributed by atoms with Gasteiger partial charge in [0.2, 0.25) is 0 Å². The first kappa shape index (κ1) is 13.5. The van der Waals surface area contributed by atoms with Gasteiger partial charge >= 0.3 is 0 Å². The maximum absolute atomic E-state index is 11.8. The number of amides is 1. The summed E-state index contributed by atoms with van der Waals surface area (Å²) in [6.07, 6.45) is 0. The summed E-state index contributed by atoms with van der Waals surface area (Å²) in [6.45, 7) is 6.00. The highest BCUT2D eigenvalue weighted by Crippen LogP contribution is 2.12. The van der Waals surface area contributed by atoms with Gasteiger partial charge in [-0.2, -0.15) is 5.10 Å². The van der Waals surface area contributed by atoms with E-state index in [0.29, 0.717) is 4.88 Å². The van der Waals surface area contributed by atoms with Crippen LogP contribution < -0.4 is 5.43 Å². The summed E-state index contributed by atoms with van der Waals surface area (Å²) < 4.78 is 0. The molecule has 0 aliphatic rings. The van der Waals surface area contributed by atoms with E-state index in [1.165, 1.54) is 16.9 Å². The number of hydrazone groups is 1. The van der Waals surface area contributed by atoms with Gasteiger partial charge in [-0.1, -0.05) is 29.8 Å². The van der Waals surface area contributed by atoms with Crippen LogP contribution in [0, 0.1) is 13.8 Å². The molecule has 0 saturated heterocycles. The van der Waals surface area contributed by atoms with Crippen molar-refractivity contribution in [3.63, 3.8) is 0 Å². The van der Waals surface area contributed by atoms with Gasteiger partial charge in [0.25, 0.3) is 5.91 Å². The predicted molar refractivity (Wildman–Crippen MR) is 79.9 cm³/mol. The van der Waals surface area contributed by atoms with Crippen molar-refractivity contribution in [2.24, 2.45) is 5.10 Å². The molecule has 2 aromatic rings. The Bertz CT molecular complexity index is 615. The van der Waals surface area contributed by atoms with E-state index >= 15 is 0 Å². The quantitative estimate of drug-likeness (QED) is 0.674. The van der Waals surface area contributed by atoms with E-state index in [0.717, 1.165) is 16.8 Å². The number of nitrogens with zero attached hydrogens (tertiary/aromatic N) is 1. The molecule has 98 valence electrons. The summed E-state index contributed by atoms with van der Waals surface area (Å²) in [6, 6.07) is 9.81. The largest absolute Gasteiger partial charge is 0.281 e. The van der Waals surface area contributed by atoms with Gasteiger partial charge in [0.1, 0.15) is 0 Å². The van der Waals surface area contributed by atoms with Gasteiger partial charge < -0.3 is 0 Å². The molecule has 2 rings (SSSR count). The van der Waals surface area contributed by atoms with Crippen LogP contribution in [0.3, 0.4) is 0 Å². The molecule has 0 unspecified atom stereocenters. The number of carbonyl (C=O) groups excluding carboxylic acids is 1. The first-order valence-corrected chi connectivity index (χ1v) is 6.91. The van der Waals surface area contributed by atoms with Crippen molar-refractivity contribution >= 4 is 23.0 Å². The van der Waals surface area contributed by atoms with Crippen LogP contribution >= 0.6 is 11.3 Å². The topological polar surface area (TPSA) is 41.5 Å².